The molecule has 82 valence electrons. The molecule has 3 heteroatoms. The highest BCUT2D eigenvalue weighted by Gasteiger charge is 2.10. The Morgan fingerprint density at radius 1 is 1.20 bits per heavy atom. The van der Waals surface area contributed by atoms with E-state index in [1.165, 1.54) is 0 Å². The summed E-state index contributed by atoms with van der Waals surface area (Å²) in [7, 11) is -2.95. The van der Waals surface area contributed by atoms with E-state index in [-0.39, 0.29) is 11.5 Å². The van der Waals surface area contributed by atoms with Gasteiger partial charge in [0.25, 0.3) is 0 Å². The molecule has 0 spiro atoms. The lowest BCUT2D eigenvalue weighted by Crippen LogP contribution is -2.09. The van der Waals surface area contributed by atoms with Crippen LogP contribution in [-0.4, -0.2) is 14.2 Å². The molecule has 0 saturated carbocycles. The molecule has 1 rings (SSSR count). The molecule has 0 N–H and O–H groups in total. The van der Waals surface area contributed by atoms with Gasteiger partial charge in [0.05, 0.1) is 11.5 Å². The highest BCUT2D eigenvalue weighted by atomic mass is 32.2. The molecule has 0 aliphatic carbocycles. The van der Waals surface area contributed by atoms with Crippen LogP contribution in [0.4, 0.5) is 0 Å². The topological polar surface area (TPSA) is 34.1 Å². The van der Waals surface area contributed by atoms with Gasteiger partial charge in [-0.05, 0) is 18.4 Å². The molecule has 0 aliphatic rings. The number of unbranched alkanes of at least 4 members (excludes halogenated alkanes) is 1. The normalized spacial score (nSPS) is 11.2. The van der Waals surface area contributed by atoms with Crippen molar-refractivity contribution in [3.05, 3.63) is 48.6 Å². The second kappa shape index (κ2) is 5.71. The van der Waals surface area contributed by atoms with Crippen LogP contribution in [0, 0.1) is 0 Å². The summed E-state index contributed by atoms with van der Waals surface area (Å²) in [5.41, 5.74) is 0.858. The van der Waals surface area contributed by atoms with Crippen LogP contribution in [0.1, 0.15) is 18.4 Å². The molecule has 0 bridgehead atoms. The second-order valence-corrected chi connectivity index (χ2v) is 5.69. The number of hydrogen-bond donors (Lipinski definition) is 0. The predicted octanol–water partition coefficient (Wildman–Crippen LogP) is 2.57. The van der Waals surface area contributed by atoms with Gasteiger partial charge >= 0.3 is 0 Å². The average molecular weight is 224 g/mol. The summed E-state index contributed by atoms with van der Waals surface area (Å²) in [5.74, 6) is 0.388. The third-order valence-electron chi connectivity index (χ3n) is 2.09. The van der Waals surface area contributed by atoms with E-state index < -0.39 is 9.84 Å². The Bertz CT molecular complexity index is 393. The number of allylic oxidation sites excluding steroid dienone is 1. The first-order chi connectivity index (χ1) is 7.14. The molecule has 0 amide bonds. The van der Waals surface area contributed by atoms with Crippen molar-refractivity contribution in [1.82, 2.24) is 0 Å². The largest absolute Gasteiger partial charge is 0.228 e. The second-order valence-electron chi connectivity index (χ2n) is 3.51. The molecule has 0 radical (unpaired) electrons. The van der Waals surface area contributed by atoms with Gasteiger partial charge in [0.15, 0.2) is 9.84 Å². The van der Waals surface area contributed by atoms with Gasteiger partial charge in [-0.2, -0.15) is 0 Å². The molecule has 0 saturated heterocycles. The first-order valence-electron chi connectivity index (χ1n) is 4.99. The van der Waals surface area contributed by atoms with E-state index in [2.05, 4.69) is 6.58 Å². The minimum absolute atomic E-state index is 0.144. The maximum Gasteiger partial charge on any atom is 0.154 e. The summed E-state index contributed by atoms with van der Waals surface area (Å²) >= 11 is 0. The van der Waals surface area contributed by atoms with Gasteiger partial charge in [0, 0.05) is 0 Å². The Hall–Kier alpha value is -1.09. The highest BCUT2D eigenvalue weighted by Crippen LogP contribution is 2.07. The lowest BCUT2D eigenvalue weighted by atomic mass is 10.2. The summed E-state index contributed by atoms with van der Waals surface area (Å²) in [6, 6.07) is 9.27. The van der Waals surface area contributed by atoms with E-state index in [1.54, 1.807) is 6.08 Å². The Morgan fingerprint density at radius 3 is 2.47 bits per heavy atom. The van der Waals surface area contributed by atoms with Gasteiger partial charge < -0.3 is 0 Å². The van der Waals surface area contributed by atoms with Gasteiger partial charge in [-0.15, -0.1) is 6.58 Å². The van der Waals surface area contributed by atoms with Crippen molar-refractivity contribution >= 4 is 9.84 Å². The maximum absolute atomic E-state index is 11.6. The van der Waals surface area contributed by atoms with Crippen molar-refractivity contribution < 1.29 is 8.42 Å². The van der Waals surface area contributed by atoms with Gasteiger partial charge in [-0.1, -0.05) is 36.4 Å². The number of hydrogen-bond acceptors (Lipinski definition) is 2. The van der Waals surface area contributed by atoms with E-state index in [0.29, 0.717) is 6.42 Å². The van der Waals surface area contributed by atoms with Gasteiger partial charge in [0.2, 0.25) is 0 Å². The van der Waals surface area contributed by atoms with Crippen molar-refractivity contribution in [1.29, 1.82) is 0 Å². The van der Waals surface area contributed by atoms with Crippen LogP contribution >= 0.6 is 0 Å². The monoisotopic (exact) mass is 224 g/mol. The van der Waals surface area contributed by atoms with Crippen molar-refractivity contribution in [2.75, 3.05) is 5.75 Å². The fourth-order valence-corrected chi connectivity index (χ4v) is 2.80. The van der Waals surface area contributed by atoms with E-state index in [4.69, 9.17) is 0 Å². The van der Waals surface area contributed by atoms with Crippen LogP contribution in [0.2, 0.25) is 0 Å². The SMILES string of the molecule is C=CCCCS(=O)(=O)Cc1ccccc1. The van der Waals surface area contributed by atoms with E-state index >= 15 is 0 Å². The summed E-state index contributed by atoms with van der Waals surface area (Å²) in [6.07, 6.45) is 3.17. The molecule has 1 aromatic rings. The van der Waals surface area contributed by atoms with Gasteiger partial charge in [-0.3, -0.25) is 0 Å². The van der Waals surface area contributed by atoms with Crippen molar-refractivity contribution in [2.24, 2.45) is 0 Å². The van der Waals surface area contributed by atoms with E-state index in [0.717, 1.165) is 12.0 Å². The third kappa shape index (κ3) is 4.79. The van der Waals surface area contributed by atoms with Crippen LogP contribution in [-0.2, 0) is 15.6 Å². The molecule has 15 heavy (non-hydrogen) atoms. The fourth-order valence-electron chi connectivity index (χ4n) is 1.35. The van der Waals surface area contributed by atoms with Gasteiger partial charge in [-0.25, -0.2) is 8.42 Å². The standard InChI is InChI=1S/C12H16O2S/c1-2-3-7-10-15(13,14)11-12-8-5-4-6-9-12/h2,4-6,8-9H,1,3,7,10-11H2. The zero-order chi connectivity index (χ0) is 11.1. The number of sulfone groups is 1. The summed E-state index contributed by atoms with van der Waals surface area (Å²) < 4.78 is 23.3. The molecule has 0 fully saturated rings. The summed E-state index contributed by atoms with van der Waals surface area (Å²) in [6.45, 7) is 3.57. The van der Waals surface area contributed by atoms with Gasteiger partial charge in [0.1, 0.15) is 0 Å². The molecule has 0 atom stereocenters. The minimum Gasteiger partial charge on any atom is -0.228 e. The number of rotatable bonds is 6. The molecular weight excluding hydrogens is 208 g/mol. The quantitative estimate of drug-likeness (QED) is 0.549. The Labute approximate surface area is 91.6 Å². The van der Waals surface area contributed by atoms with E-state index in [1.807, 2.05) is 30.3 Å². The minimum atomic E-state index is -2.95. The fraction of sp³-hybridized carbons (Fsp3) is 0.333. The van der Waals surface area contributed by atoms with Crippen molar-refractivity contribution in [3.63, 3.8) is 0 Å². The molecule has 0 unspecified atom stereocenters. The molecule has 0 heterocycles. The first-order valence-corrected chi connectivity index (χ1v) is 6.81. The molecule has 0 aliphatic heterocycles. The molecular formula is C12H16O2S. The van der Waals surface area contributed by atoms with Crippen LogP contribution in [0.15, 0.2) is 43.0 Å². The zero-order valence-electron chi connectivity index (χ0n) is 8.72. The lowest BCUT2D eigenvalue weighted by Gasteiger charge is -2.03. The Balaban J connectivity index is 2.53. The van der Waals surface area contributed by atoms with Crippen molar-refractivity contribution in [2.45, 2.75) is 18.6 Å². The molecule has 0 aromatic heterocycles. The van der Waals surface area contributed by atoms with Crippen LogP contribution in [0.25, 0.3) is 0 Å². The molecule has 2 nitrogen and oxygen atoms in total. The van der Waals surface area contributed by atoms with Crippen LogP contribution in [0.3, 0.4) is 0 Å². The third-order valence-corrected chi connectivity index (χ3v) is 3.78. The smallest absolute Gasteiger partial charge is 0.154 e. The highest BCUT2D eigenvalue weighted by molar-refractivity contribution is 7.90. The van der Waals surface area contributed by atoms with Crippen LogP contribution in [0.5, 0.6) is 0 Å². The lowest BCUT2D eigenvalue weighted by molar-refractivity contribution is 0.593. The van der Waals surface area contributed by atoms with E-state index in [9.17, 15) is 8.42 Å². The van der Waals surface area contributed by atoms with Crippen LogP contribution < -0.4 is 0 Å². The first kappa shape index (κ1) is 12.0. The van der Waals surface area contributed by atoms with Crippen molar-refractivity contribution in [3.8, 4) is 0 Å². The summed E-state index contributed by atoms with van der Waals surface area (Å²) in [4.78, 5) is 0. The molecule has 1 aromatic carbocycles. The predicted molar refractivity (Wildman–Crippen MR) is 63.4 cm³/mol. The zero-order valence-corrected chi connectivity index (χ0v) is 9.54. The maximum atomic E-state index is 11.6. The Kier molecular flexibility index (Phi) is 4.56. The average Bonchev–Trinajstić information content (AvgIpc) is 2.18. The summed E-state index contributed by atoms with van der Waals surface area (Å²) in [5, 5.41) is 0. The Morgan fingerprint density at radius 2 is 1.87 bits per heavy atom. The number of benzene rings is 1.